The summed E-state index contributed by atoms with van der Waals surface area (Å²) < 4.78 is 50.1. The van der Waals surface area contributed by atoms with Crippen molar-refractivity contribution in [1.29, 1.82) is 0 Å². The van der Waals surface area contributed by atoms with Gasteiger partial charge in [-0.05, 0) is 24.0 Å². The minimum Gasteiger partial charge on any atom is -0.229 e. The molecule has 128 valence electrons. The highest BCUT2D eigenvalue weighted by Gasteiger charge is 2.37. The smallest absolute Gasteiger partial charge is 0.229 e. The minimum absolute atomic E-state index is 0.0597. The molecular formula is C16H23NO4S2. The van der Waals surface area contributed by atoms with Crippen LogP contribution in [-0.2, 0) is 19.9 Å². The van der Waals surface area contributed by atoms with Crippen molar-refractivity contribution in [2.24, 2.45) is 5.92 Å². The summed E-state index contributed by atoms with van der Waals surface area (Å²) in [5, 5.41) is 1.18. The van der Waals surface area contributed by atoms with Gasteiger partial charge in [0, 0.05) is 18.0 Å². The second-order valence-electron chi connectivity index (χ2n) is 6.28. The van der Waals surface area contributed by atoms with Crippen molar-refractivity contribution in [2.45, 2.75) is 26.3 Å². The van der Waals surface area contributed by atoms with E-state index in [1.54, 1.807) is 6.08 Å². The van der Waals surface area contributed by atoms with Gasteiger partial charge in [0.25, 0.3) is 0 Å². The van der Waals surface area contributed by atoms with Crippen molar-refractivity contribution >= 4 is 25.9 Å². The Balaban J connectivity index is 2.25. The van der Waals surface area contributed by atoms with Gasteiger partial charge in [0.05, 0.1) is 11.5 Å². The van der Waals surface area contributed by atoms with E-state index in [-0.39, 0.29) is 17.4 Å². The van der Waals surface area contributed by atoms with Crippen LogP contribution < -0.4 is 0 Å². The Morgan fingerprint density at radius 2 is 1.91 bits per heavy atom. The van der Waals surface area contributed by atoms with Crippen LogP contribution in [0.4, 0.5) is 0 Å². The average Bonchev–Trinajstić information content (AvgIpc) is 2.83. The maximum Gasteiger partial charge on any atom is 0.236 e. The van der Waals surface area contributed by atoms with Gasteiger partial charge in [0.2, 0.25) is 10.0 Å². The molecule has 0 aliphatic carbocycles. The molecule has 0 spiro atoms. The van der Waals surface area contributed by atoms with Gasteiger partial charge in [-0.1, -0.05) is 44.2 Å². The van der Waals surface area contributed by atoms with Crippen LogP contribution in [0.1, 0.15) is 25.8 Å². The van der Waals surface area contributed by atoms with Crippen LogP contribution in [0.15, 0.2) is 35.7 Å². The third-order valence-electron chi connectivity index (χ3n) is 3.72. The Bertz CT molecular complexity index is 753. The van der Waals surface area contributed by atoms with Gasteiger partial charge in [-0.2, -0.15) is 4.31 Å². The quantitative estimate of drug-likeness (QED) is 0.782. The minimum atomic E-state index is -3.66. The normalized spacial score (nSPS) is 21.5. The molecule has 1 atom stereocenters. The van der Waals surface area contributed by atoms with E-state index in [0.29, 0.717) is 13.0 Å². The van der Waals surface area contributed by atoms with Crippen LogP contribution in [0, 0.1) is 5.92 Å². The summed E-state index contributed by atoms with van der Waals surface area (Å²) in [6.07, 6.45) is 1.92. The maximum absolute atomic E-state index is 12.7. The average molecular weight is 357 g/mol. The monoisotopic (exact) mass is 357 g/mol. The third-order valence-corrected chi connectivity index (χ3v) is 7.05. The Kier molecular flexibility index (Phi) is 5.65. The summed E-state index contributed by atoms with van der Waals surface area (Å²) in [4.78, 5) is 0. The lowest BCUT2D eigenvalue weighted by Gasteiger charge is -2.27. The highest BCUT2D eigenvalue weighted by Crippen LogP contribution is 2.23. The summed E-state index contributed by atoms with van der Waals surface area (Å²) >= 11 is 0. The van der Waals surface area contributed by atoms with Crippen LogP contribution in [0.3, 0.4) is 0 Å². The number of rotatable bonds is 6. The molecule has 1 heterocycles. The molecule has 1 aromatic rings. The fourth-order valence-electron chi connectivity index (χ4n) is 2.63. The molecule has 0 radical (unpaired) electrons. The number of sulfone groups is 1. The summed E-state index contributed by atoms with van der Waals surface area (Å²) in [5.41, 5.74) is 0.791. The first-order valence-electron chi connectivity index (χ1n) is 7.65. The fourth-order valence-corrected chi connectivity index (χ4v) is 6.04. The highest BCUT2D eigenvalue weighted by molar-refractivity contribution is 7.93. The molecule has 1 aromatic carbocycles. The summed E-state index contributed by atoms with van der Waals surface area (Å²) in [5.74, 6) is 0.0978. The van der Waals surface area contributed by atoms with E-state index in [1.165, 1.54) is 9.71 Å². The second-order valence-corrected chi connectivity index (χ2v) is 10.3. The Labute approximate surface area is 139 Å². The van der Waals surface area contributed by atoms with Gasteiger partial charge in [-0.25, -0.2) is 16.8 Å². The maximum atomic E-state index is 12.7. The molecule has 1 saturated heterocycles. The van der Waals surface area contributed by atoms with Gasteiger partial charge < -0.3 is 0 Å². The van der Waals surface area contributed by atoms with Crippen molar-refractivity contribution in [3.8, 4) is 0 Å². The number of sulfonamides is 1. The number of hydrogen-bond acceptors (Lipinski definition) is 4. The Morgan fingerprint density at radius 1 is 1.26 bits per heavy atom. The van der Waals surface area contributed by atoms with Crippen LogP contribution in [0.2, 0.25) is 0 Å². The van der Waals surface area contributed by atoms with Crippen LogP contribution in [0.5, 0.6) is 0 Å². The van der Waals surface area contributed by atoms with Crippen molar-refractivity contribution in [2.75, 3.05) is 18.1 Å². The molecule has 1 aliphatic heterocycles. The zero-order chi connectivity index (χ0) is 17.1. The molecule has 0 N–H and O–H groups in total. The zero-order valence-corrected chi connectivity index (χ0v) is 15.1. The highest BCUT2D eigenvalue weighted by atomic mass is 32.2. The van der Waals surface area contributed by atoms with E-state index < -0.39 is 25.9 Å². The van der Waals surface area contributed by atoms with Crippen molar-refractivity contribution < 1.29 is 16.8 Å². The predicted octanol–water partition coefficient (Wildman–Crippen LogP) is 2.13. The molecule has 0 bridgehead atoms. The lowest BCUT2D eigenvalue weighted by atomic mass is 10.2. The molecule has 23 heavy (non-hydrogen) atoms. The molecule has 0 saturated carbocycles. The molecule has 1 fully saturated rings. The molecule has 1 aliphatic rings. The van der Waals surface area contributed by atoms with Crippen molar-refractivity contribution in [1.82, 2.24) is 4.31 Å². The van der Waals surface area contributed by atoms with E-state index in [9.17, 15) is 16.8 Å². The van der Waals surface area contributed by atoms with Gasteiger partial charge in [-0.3, -0.25) is 0 Å². The molecule has 0 unspecified atom stereocenters. The second kappa shape index (κ2) is 7.15. The number of nitrogens with zero attached hydrogens (tertiary/aromatic N) is 1. The van der Waals surface area contributed by atoms with Gasteiger partial charge in [0.15, 0.2) is 9.84 Å². The fraction of sp³-hybridized carbons (Fsp3) is 0.500. The van der Waals surface area contributed by atoms with E-state index in [2.05, 4.69) is 0 Å². The van der Waals surface area contributed by atoms with Crippen LogP contribution in [0.25, 0.3) is 6.08 Å². The van der Waals surface area contributed by atoms with Crippen molar-refractivity contribution in [3.05, 3.63) is 41.3 Å². The summed E-state index contributed by atoms with van der Waals surface area (Å²) in [7, 11) is -6.79. The molecule has 0 amide bonds. The summed E-state index contributed by atoms with van der Waals surface area (Å²) in [6.45, 7) is 4.17. The first-order valence-corrected chi connectivity index (χ1v) is 11.0. The van der Waals surface area contributed by atoms with Crippen LogP contribution in [-0.4, -0.2) is 45.2 Å². The van der Waals surface area contributed by atoms with E-state index in [4.69, 9.17) is 0 Å². The molecule has 0 aromatic heterocycles. The van der Waals surface area contributed by atoms with E-state index in [1.807, 2.05) is 44.2 Å². The molecular weight excluding hydrogens is 334 g/mol. The van der Waals surface area contributed by atoms with Crippen molar-refractivity contribution in [3.63, 3.8) is 0 Å². The standard InChI is InChI=1S/C16H23NO4S2/c1-14(2)12-17(16-9-10-22(18,19)13-16)23(20,21)11-8-15-6-4-3-5-7-15/h3-8,11,14,16H,9-10,12-13H2,1-2H3/b11-8+/t16-/m1/s1. The number of hydrogen-bond donors (Lipinski definition) is 0. The van der Waals surface area contributed by atoms with E-state index in [0.717, 1.165) is 5.56 Å². The lowest BCUT2D eigenvalue weighted by molar-refractivity contribution is 0.311. The van der Waals surface area contributed by atoms with E-state index >= 15 is 0 Å². The van der Waals surface area contributed by atoms with Gasteiger partial charge >= 0.3 is 0 Å². The van der Waals surface area contributed by atoms with Crippen LogP contribution >= 0.6 is 0 Å². The SMILES string of the molecule is CC(C)CN([C@@H]1CCS(=O)(=O)C1)S(=O)(=O)/C=C/c1ccccc1. The number of benzene rings is 1. The zero-order valence-electron chi connectivity index (χ0n) is 13.4. The molecule has 7 heteroatoms. The topological polar surface area (TPSA) is 71.5 Å². The lowest BCUT2D eigenvalue weighted by Crippen LogP contribution is -2.42. The van der Waals surface area contributed by atoms with Gasteiger partial charge in [-0.15, -0.1) is 0 Å². The van der Waals surface area contributed by atoms with Gasteiger partial charge in [0.1, 0.15) is 0 Å². The first kappa shape index (κ1) is 18.2. The third kappa shape index (κ3) is 5.16. The molecule has 5 nitrogen and oxygen atoms in total. The Morgan fingerprint density at radius 3 is 2.43 bits per heavy atom. The summed E-state index contributed by atoms with van der Waals surface area (Å²) in [6, 6.07) is 8.70. The predicted molar refractivity (Wildman–Crippen MR) is 93.0 cm³/mol. The first-order chi connectivity index (χ1) is 10.7. The Hall–Kier alpha value is -1.18. The molecule has 2 rings (SSSR count). The largest absolute Gasteiger partial charge is 0.236 e.